The molecule has 0 unspecified atom stereocenters. The maximum absolute atomic E-state index is 12.7. The van der Waals surface area contributed by atoms with Gasteiger partial charge in [0.05, 0.1) is 25.6 Å². The van der Waals surface area contributed by atoms with Crippen LogP contribution >= 0.6 is 0 Å². The van der Waals surface area contributed by atoms with Crippen LogP contribution in [0.2, 0.25) is 0 Å². The summed E-state index contributed by atoms with van der Waals surface area (Å²) < 4.78 is 5.18. The van der Waals surface area contributed by atoms with Crippen molar-refractivity contribution in [2.24, 2.45) is 0 Å². The molecule has 1 aliphatic carbocycles. The van der Waals surface area contributed by atoms with Gasteiger partial charge in [0.1, 0.15) is 5.75 Å². The van der Waals surface area contributed by atoms with E-state index in [0.717, 1.165) is 30.6 Å². The first-order valence-electron chi connectivity index (χ1n) is 9.35. The Morgan fingerprint density at radius 2 is 1.89 bits per heavy atom. The van der Waals surface area contributed by atoms with Gasteiger partial charge in [0.15, 0.2) is 0 Å². The molecule has 2 aromatic rings. The first-order chi connectivity index (χ1) is 13.1. The highest BCUT2D eigenvalue weighted by Gasteiger charge is 2.23. The quantitative estimate of drug-likeness (QED) is 0.823. The summed E-state index contributed by atoms with van der Waals surface area (Å²) in [5.41, 5.74) is 3.39. The van der Waals surface area contributed by atoms with Crippen LogP contribution in [-0.4, -0.2) is 18.9 Å². The van der Waals surface area contributed by atoms with Crippen molar-refractivity contribution in [1.82, 2.24) is 10.6 Å². The van der Waals surface area contributed by atoms with Gasteiger partial charge in [-0.1, -0.05) is 36.4 Å². The largest absolute Gasteiger partial charge is 0.497 e. The van der Waals surface area contributed by atoms with Crippen LogP contribution in [0.1, 0.15) is 55.0 Å². The molecular formula is C22H26N2O3. The van der Waals surface area contributed by atoms with Crippen LogP contribution in [0.5, 0.6) is 5.75 Å². The molecule has 2 N–H and O–H groups in total. The van der Waals surface area contributed by atoms with Crippen LogP contribution in [-0.2, 0) is 16.0 Å². The Morgan fingerprint density at radius 1 is 1.15 bits per heavy atom. The molecule has 0 aromatic heterocycles. The number of hydrogen-bond acceptors (Lipinski definition) is 3. The highest BCUT2D eigenvalue weighted by Crippen LogP contribution is 2.30. The summed E-state index contributed by atoms with van der Waals surface area (Å²) >= 11 is 0. The Hall–Kier alpha value is -2.82. The summed E-state index contributed by atoms with van der Waals surface area (Å²) in [6.07, 6.45) is 3.26. The minimum atomic E-state index is -0.368. The van der Waals surface area contributed by atoms with Crippen LogP contribution in [0.25, 0.3) is 0 Å². The lowest BCUT2D eigenvalue weighted by atomic mass is 9.87. The monoisotopic (exact) mass is 366 g/mol. The number of fused-ring (bicyclic) bond motifs is 1. The second-order valence-corrected chi connectivity index (χ2v) is 6.94. The summed E-state index contributed by atoms with van der Waals surface area (Å²) in [4.78, 5) is 24.3. The first-order valence-corrected chi connectivity index (χ1v) is 9.35. The summed E-state index contributed by atoms with van der Waals surface area (Å²) in [6, 6.07) is 15.4. The van der Waals surface area contributed by atoms with E-state index in [2.05, 4.69) is 22.8 Å². The predicted octanol–water partition coefficient (Wildman–Crippen LogP) is 3.46. The molecule has 1 aliphatic rings. The predicted molar refractivity (Wildman–Crippen MR) is 104 cm³/mol. The van der Waals surface area contributed by atoms with E-state index in [1.54, 1.807) is 7.11 Å². The minimum Gasteiger partial charge on any atom is -0.497 e. The molecule has 0 heterocycles. The maximum atomic E-state index is 12.7. The van der Waals surface area contributed by atoms with Crippen molar-refractivity contribution in [2.45, 2.75) is 44.7 Å². The Bertz CT molecular complexity index is 801. The smallest absolute Gasteiger partial charge is 0.222 e. The second kappa shape index (κ2) is 8.71. The summed E-state index contributed by atoms with van der Waals surface area (Å²) in [5, 5.41) is 6.04. The van der Waals surface area contributed by atoms with Gasteiger partial charge in [-0.25, -0.2) is 0 Å². The fraction of sp³-hybridized carbons (Fsp3) is 0.364. The Balaban J connectivity index is 1.70. The topological polar surface area (TPSA) is 67.4 Å². The summed E-state index contributed by atoms with van der Waals surface area (Å²) in [7, 11) is 1.61. The standard InChI is InChI=1S/C22H26N2O3/c1-15(25)23-21(17-10-12-18(27-2)13-11-17)14-22(26)24-20-9-5-7-16-6-3-4-8-19(16)20/h3-4,6,8,10-13,20-21H,5,7,9,14H2,1-2H3,(H,23,25)(H,24,26)/t20-,21+/m0/s1. The Morgan fingerprint density at radius 3 is 2.59 bits per heavy atom. The third-order valence-corrected chi connectivity index (χ3v) is 4.99. The van der Waals surface area contributed by atoms with Gasteiger partial charge in [0, 0.05) is 6.92 Å². The first kappa shape index (κ1) is 19.0. The van der Waals surface area contributed by atoms with Crippen molar-refractivity contribution in [3.05, 3.63) is 65.2 Å². The molecule has 142 valence electrons. The molecule has 3 rings (SSSR count). The van der Waals surface area contributed by atoms with Crippen LogP contribution in [0.4, 0.5) is 0 Å². The van der Waals surface area contributed by atoms with E-state index in [-0.39, 0.29) is 30.3 Å². The summed E-state index contributed by atoms with van der Waals surface area (Å²) in [6.45, 7) is 1.46. The van der Waals surface area contributed by atoms with E-state index in [0.29, 0.717) is 0 Å². The van der Waals surface area contributed by atoms with E-state index < -0.39 is 0 Å². The van der Waals surface area contributed by atoms with Crippen molar-refractivity contribution >= 4 is 11.8 Å². The maximum Gasteiger partial charge on any atom is 0.222 e. The van der Waals surface area contributed by atoms with E-state index in [1.165, 1.54) is 18.1 Å². The average molecular weight is 366 g/mol. The number of carbonyl (C=O) groups excluding carboxylic acids is 2. The van der Waals surface area contributed by atoms with E-state index in [1.807, 2.05) is 36.4 Å². The van der Waals surface area contributed by atoms with Crippen LogP contribution in [0.15, 0.2) is 48.5 Å². The zero-order valence-electron chi connectivity index (χ0n) is 15.8. The van der Waals surface area contributed by atoms with E-state index >= 15 is 0 Å². The molecule has 27 heavy (non-hydrogen) atoms. The lowest BCUT2D eigenvalue weighted by Crippen LogP contribution is -2.35. The molecule has 2 atom stereocenters. The van der Waals surface area contributed by atoms with Crippen LogP contribution in [0, 0.1) is 0 Å². The summed E-state index contributed by atoms with van der Waals surface area (Å²) in [5.74, 6) is 0.515. The lowest BCUT2D eigenvalue weighted by molar-refractivity contribution is -0.123. The Labute approximate surface area is 160 Å². The van der Waals surface area contributed by atoms with Gasteiger partial charge >= 0.3 is 0 Å². The van der Waals surface area contributed by atoms with Gasteiger partial charge < -0.3 is 15.4 Å². The normalized spacial score (nSPS) is 16.7. The molecule has 0 spiro atoms. The van der Waals surface area contributed by atoms with E-state index in [9.17, 15) is 9.59 Å². The molecule has 2 aromatic carbocycles. The molecule has 0 radical (unpaired) electrons. The van der Waals surface area contributed by atoms with Gasteiger partial charge in [0.2, 0.25) is 11.8 Å². The van der Waals surface area contributed by atoms with Gasteiger partial charge in [-0.05, 0) is 48.1 Å². The third kappa shape index (κ3) is 4.88. The van der Waals surface area contributed by atoms with Gasteiger partial charge in [-0.15, -0.1) is 0 Å². The van der Waals surface area contributed by atoms with Gasteiger partial charge in [-0.2, -0.15) is 0 Å². The molecule has 5 heteroatoms. The van der Waals surface area contributed by atoms with Gasteiger partial charge in [0.25, 0.3) is 0 Å². The molecular weight excluding hydrogens is 340 g/mol. The van der Waals surface area contributed by atoms with Crippen molar-refractivity contribution < 1.29 is 14.3 Å². The number of rotatable bonds is 6. The number of carbonyl (C=O) groups is 2. The molecule has 2 amide bonds. The zero-order valence-corrected chi connectivity index (χ0v) is 15.8. The molecule has 5 nitrogen and oxygen atoms in total. The van der Waals surface area contributed by atoms with Crippen molar-refractivity contribution in [1.29, 1.82) is 0 Å². The fourth-order valence-corrected chi connectivity index (χ4v) is 3.68. The molecule has 0 aliphatic heterocycles. The second-order valence-electron chi connectivity index (χ2n) is 6.94. The average Bonchev–Trinajstić information content (AvgIpc) is 2.67. The highest BCUT2D eigenvalue weighted by molar-refractivity contribution is 5.79. The van der Waals surface area contributed by atoms with Crippen molar-refractivity contribution in [2.75, 3.05) is 7.11 Å². The number of nitrogens with one attached hydrogen (secondary N) is 2. The molecule has 0 bridgehead atoms. The van der Waals surface area contributed by atoms with E-state index in [4.69, 9.17) is 4.74 Å². The SMILES string of the molecule is COc1ccc([C@@H](CC(=O)N[C@H]2CCCc3ccccc32)NC(C)=O)cc1. The number of ether oxygens (including phenoxy) is 1. The molecule has 0 saturated carbocycles. The minimum absolute atomic E-state index is 0.0382. The number of aryl methyl sites for hydroxylation is 1. The van der Waals surface area contributed by atoms with Crippen molar-refractivity contribution in [3.63, 3.8) is 0 Å². The van der Waals surface area contributed by atoms with Gasteiger partial charge in [-0.3, -0.25) is 9.59 Å². The zero-order chi connectivity index (χ0) is 19.2. The number of benzene rings is 2. The fourth-order valence-electron chi connectivity index (χ4n) is 3.68. The van der Waals surface area contributed by atoms with Crippen LogP contribution < -0.4 is 15.4 Å². The number of amides is 2. The van der Waals surface area contributed by atoms with Crippen LogP contribution in [0.3, 0.4) is 0 Å². The lowest BCUT2D eigenvalue weighted by Gasteiger charge is -2.27. The number of hydrogen-bond donors (Lipinski definition) is 2. The molecule has 0 saturated heterocycles. The third-order valence-electron chi connectivity index (χ3n) is 4.99. The Kier molecular flexibility index (Phi) is 6.12. The number of methoxy groups -OCH3 is 1. The highest BCUT2D eigenvalue weighted by atomic mass is 16.5. The van der Waals surface area contributed by atoms with Crippen molar-refractivity contribution in [3.8, 4) is 5.75 Å². The molecule has 0 fully saturated rings.